The second-order valence-electron chi connectivity index (χ2n) is 5.42. The maximum Gasteiger partial charge on any atom is 0.149 e. The van der Waals surface area contributed by atoms with E-state index in [1.54, 1.807) is 12.1 Å². The molecule has 0 aliphatic heterocycles. The summed E-state index contributed by atoms with van der Waals surface area (Å²) in [6.45, 7) is 0. The Kier molecular flexibility index (Phi) is 2.40. The lowest BCUT2D eigenvalue weighted by molar-refractivity contribution is 0.627. The lowest BCUT2D eigenvalue weighted by Gasteiger charge is -2.11. The molecule has 0 N–H and O–H groups in total. The van der Waals surface area contributed by atoms with Gasteiger partial charge in [-0.3, -0.25) is 0 Å². The van der Waals surface area contributed by atoms with Gasteiger partial charge in [0, 0.05) is 29.3 Å². The van der Waals surface area contributed by atoms with Gasteiger partial charge >= 0.3 is 0 Å². The fourth-order valence-corrected chi connectivity index (χ4v) is 3.92. The van der Waals surface area contributed by atoms with Crippen LogP contribution in [0.5, 0.6) is 0 Å². The van der Waals surface area contributed by atoms with Crippen molar-refractivity contribution in [2.75, 3.05) is 0 Å². The molecule has 19 heavy (non-hydrogen) atoms. The Hall–Kier alpha value is -1.47. The van der Waals surface area contributed by atoms with Crippen LogP contribution in [0, 0.1) is 11.7 Å². The largest absolute Gasteiger partial charge is 0.204 e. The minimum atomic E-state index is -0.171. The molecular formula is C17H13ClF+. The summed E-state index contributed by atoms with van der Waals surface area (Å²) in [5, 5.41) is 0.810. The zero-order valence-corrected chi connectivity index (χ0v) is 11.1. The molecule has 2 heteroatoms. The fraction of sp³-hybridized carbons (Fsp3) is 0.235. The standard InChI is InChI=1S/C17H13ClF/c18-11-3-6-13-14-7-8-15(16(13)9-11)17(14)10-1-4-12(19)5-2-10/h1-6,9,14-15H,7-8H2/q+1/t14-,15+/m1/s1. The SMILES string of the molecule is Fc1ccc([C+]2[C@@H]3CC[C@H]2c2cc(Cl)ccc23)cc1. The number of rotatable bonds is 1. The molecule has 2 bridgehead atoms. The molecule has 94 valence electrons. The summed E-state index contributed by atoms with van der Waals surface area (Å²) in [6, 6.07) is 13.2. The molecule has 0 radical (unpaired) electrons. The van der Waals surface area contributed by atoms with Crippen LogP contribution in [0.2, 0.25) is 5.02 Å². The number of halogens is 2. The Balaban J connectivity index is 1.80. The molecule has 2 aromatic rings. The molecule has 0 saturated heterocycles. The van der Waals surface area contributed by atoms with Gasteiger partial charge in [0.25, 0.3) is 0 Å². The minimum absolute atomic E-state index is 0.171. The first-order valence-corrected chi connectivity index (χ1v) is 7.04. The highest BCUT2D eigenvalue weighted by atomic mass is 35.5. The topological polar surface area (TPSA) is 0 Å². The molecule has 1 saturated carbocycles. The maximum absolute atomic E-state index is 13.1. The van der Waals surface area contributed by atoms with Gasteiger partial charge < -0.3 is 0 Å². The van der Waals surface area contributed by atoms with Crippen LogP contribution >= 0.6 is 11.6 Å². The van der Waals surface area contributed by atoms with Crippen LogP contribution in [0.4, 0.5) is 4.39 Å². The van der Waals surface area contributed by atoms with Crippen LogP contribution in [0.1, 0.15) is 41.4 Å². The van der Waals surface area contributed by atoms with Crippen molar-refractivity contribution in [2.45, 2.75) is 24.7 Å². The highest BCUT2D eigenvalue weighted by molar-refractivity contribution is 6.30. The van der Waals surface area contributed by atoms with Gasteiger partial charge in [-0.1, -0.05) is 17.7 Å². The first-order valence-electron chi connectivity index (χ1n) is 6.66. The molecule has 2 atom stereocenters. The lowest BCUT2D eigenvalue weighted by Crippen LogP contribution is -2.02. The highest BCUT2D eigenvalue weighted by Crippen LogP contribution is 2.61. The third-order valence-electron chi connectivity index (χ3n) is 4.47. The average molecular weight is 272 g/mol. The number of fused-ring (bicyclic) bond motifs is 5. The van der Waals surface area contributed by atoms with Crippen molar-refractivity contribution >= 4 is 11.6 Å². The van der Waals surface area contributed by atoms with E-state index in [-0.39, 0.29) is 5.82 Å². The summed E-state index contributed by atoms with van der Waals surface area (Å²) in [5.41, 5.74) is 3.98. The molecule has 2 aliphatic rings. The maximum atomic E-state index is 13.1. The average Bonchev–Trinajstić information content (AvgIpc) is 2.96. The summed E-state index contributed by atoms with van der Waals surface area (Å²) in [5.74, 6) is 2.26. The predicted molar refractivity (Wildman–Crippen MR) is 74.9 cm³/mol. The molecule has 4 rings (SSSR count). The molecule has 0 aromatic heterocycles. The quantitative estimate of drug-likeness (QED) is 0.635. The first kappa shape index (κ1) is 11.4. The highest BCUT2D eigenvalue weighted by Gasteiger charge is 2.51. The molecule has 0 heterocycles. The van der Waals surface area contributed by atoms with E-state index in [1.165, 1.54) is 35.4 Å². The van der Waals surface area contributed by atoms with E-state index in [0.29, 0.717) is 11.8 Å². The number of hydrogen-bond acceptors (Lipinski definition) is 0. The van der Waals surface area contributed by atoms with Gasteiger partial charge in [-0.15, -0.1) is 0 Å². The van der Waals surface area contributed by atoms with Gasteiger partial charge in [0.1, 0.15) is 11.4 Å². The van der Waals surface area contributed by atoms with Crippen molar-refractivity contribution in [2.24, 2.45) is 0 Å². The van der Waals surface area contributed by atoms with E-state index in [4.69, 9.17) is 11.6 Å². The fourth-order valence-electron chi connectivity index (χ4n) is 3.74. The first-order chi connectivity index (χ1) is 9.24. The monoisotopic (exact) mass is 271 g/mol. The van der Waals surface area contributed by atoms with E-state index in [2.05, 4.69) is 12.1 Å². The van der Waals surface area contributed by atoms with Crippen LogP contribution in [-0.4, -0.2) is 0 Å². The van der Waals surface area contributed by atoms with Gasteiger partial charge in [0.05, 0.1) is 17.8 Å². The third-order valence-corrected chi connectivity index (χ3v) is 4.71. The van der Waals surface area contributed by atoms with Crippen molar-refractivity contribution in [3.05, 3.63) is 75.9 Å². The van der Waals surface area contributed by atoms with Crippen LogP contribution in [0.15, 0.2) is 42.5 Å². The van der Waals surface area contributed by atoms with E-state index >= 15 is 0 Å². The molecule has 2 aliphatic carbocycles. The van der Waals surface area contributed by atoms with Crippen molar-refractivity contribution in [1.29, 1.82) is 0 Å². The van der Waals surface area contributed by atoms with Crippen LogP contribution in [0.25, 0.3) is 0 Å². The normalized spacial score (nSPS) is 23.8. The van der Waals surface area contributed by atoms with Crippen LogP contribution in [-0.2, 0) is 0 Å². The summed E-state index contributed by atoms with van der Waals surface area (Å²) in [7, 11) is 0. The molecule has 0 nitrogen and oxygen atoms in total. The Bertz CT molecular complexity index is 632. The van der Waals surface area contributed by atoms with Crippen molar-refractivity contribution in [3.63, 3.8) is 0 Å². The third kappa shape index (κ3) is 1.61. The zero-order valence-electron chi connectivity index (χ0n) is 10.4. The summed E-state index contributed by atoms with van der Waals surface area (Å²) in [6.07, 6.45) is 2.39. The van der Waals surface area contributed by atoms with Crippen LogP contribution in [0.3, 0.4) is 0 Å². The van der Waals surface area contributed by atoms with E-state index in [0.717, 1.165) is 5.02 Å². The summed E-state index contributed by atoms with van der Waals surface area (Å²) >= 11 is 6.12. The zero-order chi connectivity index (χ0) is 13.0. The van der Waals surface area contributed by atoms with Crippen LogP contribution < -0.4 is 0 Å². The van der Waals surface area contributed by atoms with Gasteiger partial charge in [-0.2, -0.15) is 0 Å². The molecular weight excluding hydrogens is 259 g/mol. The molecule has 0 spiro atoms. The van der Waals surface area contributed by atoms with Crippen molar-refractivity contribution < 1.29 is 4.39 Å². The van der Waals surface area contributed by atoms with E-state index in [1.807, 2.05) is 18.2 Å². The summed E-state index contributed by atoms with van der Waals surface area (Å²) < 4.78 is 13.1. The van der Waals surface area contributed by atoms with Crippen molar-refractivity contribution in [3.8, 4) is 0 Å². The Morgan fingerprint density at radius 1 is 0.947 bits per heavy atom. The number of hydrogen-bond donors (Lipinski definition) is 0. The Labute approximate surface area is 117 Å². The molecule has 2 aromatic carbocycles. The molecule has 0 amide bonds. The number of benzene rings is 2. The van der Waals surface area contributed by atoms with Crippen molar-refractivity contribution in [1.82, 2.24) is 0 Å². The second-order valence-corrected chi connectivity index (χ2v) is 5.85. The predicted octanol–water partition coefficient (Wildman–Crippen LogP) is 5.08. The Morgan fingerprint density at radius 3 is 2.37 bits per heavy atom. The van der Waals surface area contributed by atoms with E-state index in [9.17, 15) is 4.39 Å². The summed E-state index contributed by atoms with van der Waals surface area (Å²) in [4.78, 5) is 0. The smallest absolute Gasteiger partial charge is 0.149 e. The second kappa shape index (κ2) is 4.01. The minimum Gasteiger partial charge on any atom is -0.204 e. The lowest BCUT2D eigenvalue weighted by atomic mass is 9.88. The van der Waals surface area contributed by atoms with Gasteiger partial charge in [0.2, 0.25) is 0 Å². The van der Waals surface area contributed by atoms with Gasteiger partial charge in [-0.25, -0.2) is 4.39 Å². The molecule has 0 unspecified atom stereocenters. The van der Waals surface area contributed by atoms with E-state index < -0.39 is 0 Å². The van der Waals surface area contributed by atoms with Gasteiger partial charge in [0.15, 0.2) is 0 Å². The van der Waals surface area contributed by atoms with Gasteiger partial charge in [-0.05, 0) is 36.1 Å². The molecule has 1 fully saturated rings. The Morgan fingerprint density at radius 2 is 1.63 bits per heavy atom.